The van der Waals surface area contributed by atoms with Crippen molar-refractivity contribution < 1.29 is 19.1 Å². The Morgan fingerprint density at radius 3 is 1.27 bits per heavy atom. The molecule has 0 N–H and O–H groups in total. The maximum absolute atomic E-state index is 12.5. The second-order valence-electron chi connectivity index (χ2n) is 10.1. The number of benzene rings is 1. The van der Waals surface area contributed by atoms with Crippen molar-refractivity contribution in [2.75, 3.05) is 13.2 Å². The molecule has 1 aromatic carbocycles. The van der Waals surface area contributed by atoms with Crippen LogP contribution in [0.4, 0.5) is 0 Å². The van der Waals surface area contributed by atoms with Crippen LogP contribution in [0.25, 0.3) is 0 Å². The van der Waals surface area contributed by atoms with Crippen molar-refractivity contribution in [1.29, 1.82) is 0 Å². The van der Waals surface area contributed by atoms with Crippen LogP contribution < -0.4 is 0 Å². The molecule has 4 heteroatoms. The van der Waals surface area contributed by atoms with Crippen LogP contribution in [0.3, 0.4) is 0 Å². The first kappa shape index (κ1) is 29.2. The Balaban J connectivity index is 2.24. The minimum absolute atomic E-state index is 0.296. The third-order valence-corrected chi connectivity index (χ3v) is 5.93. The molecule has 0 fully saturated rings. The maximum Gasteiger partial charge on any atom is 0.339 e. The van der Waals surface area contributed by atoms with Crippen LogP contribution in [-0.4, -0.2) is 25.2 Å². The summed E-state index contributed by atoms with van der Waals surface area (Å²) in [6.07, 6.45) is 15.1. The average Bonchev–Trinajstić information content (AvgIpc) is 2.79. The molecule has 4 nitrogen and oxygen atoms in total. The van der Waals surface area contributed by atoms with Crippen molar-refractivity contribution in [3.8, 4) is 0 Å². The molecule has 0 spiro atoms. The van der Waals surface area contributed by atoms with Gasteiger partial charge in [-0.15, -0.1) is 0 Å². The smallest absolute Gasteiger partial charge is 0.339 e. The quantitative estimate of drug-likeness (QED) is 0.154. The second kappa shape index (κ2) is 18.6. The molecule has 0 saturated carbocycles. The molecule has 0 unspecified atom stereocenters. The molecular formula is C29H48O4. The number of hydrogen-bond acceptors (Lipinski definition) is 4. The van der Waals surface area contributed by atoms with E-state index < -0.39 is 11.9 Å². The fraction of sp³-hybridized carbons (Fsp3) is 0.724. The van der Waals surface area contributed by atoms with Crippen molar-refractivity contribution in [2.45, 2.75) is 111 Å². The largest absolute Gasteiger partial charge is 0.462 e. The Hall–Kier alpha value is -1.84. The lowest BCUT2D eigenvalue weighted by atomic mass is 10.0. The van der Waals surface area contributed by atoms with Gasteiger partial charge < -0.3 is 9.47 Å². The van der Waals surface area contributed by atoms with Gasteiger partial charge in [-0.25, -0.2) is 9.59 Å². The number of ether oxygens (including phenoxy) is 2. The van der Waals surface area contributed by atoms with Gasteiger partial charge in [-0.3, -0.25) is 0 Å². The molecule has 188 valence electrons. The first-order chi connectivity index (χ1) is 15.9. The summed E-state index contributed by atoms with van der Waals surface area (Å²) in [5.41, 5.74) is 0.592. The zero-order valence-electron chi connectivity index (χ0n) is 21.7. The minimum atomic E-state index is -0.441. The highest BCUT2D eigenvalue weighted by Gasteiger charge is 2.18. The van der Waals surface area contributed by atoms with Gasteiger partial charge in [-0.2, -0.15) is 0 Å². The zero-order chi connectivity index (χ0) is 24.3. The van der Waals surface area contributed by atoms with E-state index in [1.807, 2.05) is 0 Å². The number of rotatable bonds is 19. The summed E-state index contributed by atoms with van der Waals surface area (Å²) < 4.78 is 10.9. The molecule has 1 rings (SSSR count). The molecule has 0 aliphatic heterocycles. The van der Waals surface area contributed by atoms with Crippen molar-refractivity contribution >= 4 is 11.9 Å². The molecule has 0 atom stereocenters. The Bertz CT molecular complexity index is 651. The van der Waals surface area contributed by atoms with Crippen LogP contribution in [-0.2, 0) is 9.47 Å². The Morgan fingerprint density at radius 2 is 0.909 bits per heavy atom. The SMILES string of the molecule is CC(C)CCCCCCCCOC(=O)c1ccccc1C(=O)OCCCCCCCC(C)C. The van der Waals surface area contributed by atoms with Gasteiger partial charge in [0.2, 0.25) is 0 Å². The molecule has 0 aliphatic rings. The molecule has 33 heavy (non-hydrogen) atoms. The highest BCUT2D eigenvalue weighted by atomic mass is 16.5. The van der Waals surface area contributed by atoms with E-state index in [2.05, 4.69) is 27.7 Å². The summed E-state index contributed by atoms with van der Waals surface area (Å²) in [5, 5.41) is 0. The molecule has 0 heterocycles. The highest BCUT2D eigenvalue weighted by Crippen LogP contribution is 2.15. The molecule has 0 aliphatic carbocycles. The van der Waals surface area contributed by atoms with E-state index >= 15 is 0 Å². The second-order valence-corrected chi connectivity index (χ2v) is 10.1. The van der Waals surface area contributed by atoms with Crippen LogP contribution in [0.1, 0.15) is 132 Å². The van der Waals surface area contributed by atoms with Gasteiger partial charge in [0.05, 0.1) is 24.3 Å². The molecule has 0 amide bonds. The van der Waals surface area contributed by atoms with Gasteiger partial charge in [-0.1, -0.05) is 110 Å². The third kappa shape index (κ3) is 14.8. The fourth-order valence-corrected chi connectivity index (χ4v) is 3.87. The van der Waals surface area contributed by atoms with Gasteiger partial charge in [0.1, 0.15) is 0 Å². The molecule has 0 aromatic heterocycles. The lowest BCUT2D eigenvalue weighted by Crippen LogP contribution is -2.15. The van der Waals surface area contributed by atoms with Crippen LogP contribution in [0, 0.1) is 11.8 Å². The lowest BCUT2D eigenvalue weighted by Gasteiger charge is -2.10. The summed E-state index contributed by atoms with van der Waals surface area (Å²) in [6, 6.07) is 6.79. The van der Waals surface area contributed by atoms with Gasteiger partial charge in [0.25, 0.3) is 0 Å². The summed E-state index contributed by atoms with van der Waals surface area (Å²) in [7, 11) is 0. The first-order valence-corrected chi connectivity index (χ1v) is 13.3. The number of esters is 2. The van der Waals surface area contributed by atoms with E-state index in [-0.39, 0.29) is 0 Å². The molecule has 1 aromatic rings. The predicted octanol–water partition coefficient (Wildman–Crippen LogP) is 8.38. The summed E-state index contributed by atoms with van der Waals surface area (Å²) in [6.45, 7) is 9.83. The monoisotopic (exact) mass is 460 g/mol. The number of unbranched alkanes of at least 4 members (excludes halogenated alkanes) is 9. The molecular weight excluding hydrogens is 412 g/mol. The first-order valence-electron chi connectivity index (χ1n) is 13.3. The van der Waals surface area contributed by atoms with Gasteiger partial charge in [-0.05, 0) is 36.8 Å². The average molecular weight is 461 g/mol. The van der Waals surface area contributed by atoms with Gasteiger partial charge in [0, 0.05) is 0 Å². The van der Waals surface area contributed by atoms with E-state index in [0.717, 1.165) is 37.5 Å². The lowest BCUT2D eigenvalue weighted by molar-refractivity contribution is 0.0450. The van der Waals surface area contributed by atoms with Crippen molar-refractivity contribution in [1.82, 2.24) is 0 Å². The number of hydrogen-bond donors (Lipinski definition) is 0. The van der Waals surface area contributed by atoms with Gasteiger partial charge >= 0.3 is 11.9 Å². The van der Waals surface area contributed by atoms with Crippen LogP contribution in [0.5, 0.6) is 0 Å². The Morgan fingerprint density at radius 1 is 0.576 bits per heavy atom. The Labute approximate surface area is 202 Å². The topological polar surface area (TPSA) is 52.6 Å². The normalized spacial score (nSPS) is 11.2. The van der Waals surface area contributed by atoms with Crippen molar-refractivity contribution in [2.24, 2.45) is 11.8 Å². The third-order valence-electron chi connectivity index (χ3n) is 5.93. The minimum Gasteiger partial charge on any atom is -0.462 e. The summed E-state index contributed by atoms with van der Waals surface area (Å²) in [4.78, 5) is 25.0. The standard InChI is InChI=1S/C29H48O4/c1-24(2)18-12-8-5-6-10-16-22-32-28(30)26-20-14-15-21-27(26)29(31)33-23-17-11-7-9-13-19-25(3)4/h14-15,20-21,24-25H,5-13,16-19,22-23H2,1-4H3. The van der Waals surface area contributed by atoms with E-state index in [1.54, 1.807) is 24.3 Å². The summed E-state index contributed by atoms with van der Waals surface area (Å²) >= 11 is 0. The summed E-state index contributed by atoms with van der Waals surface area (Å²) in [5.74, 6) is 0.671. The van der Waals surface area contributed by atoms with Crippen LogP contribution >= 0.6 is 0 Å². The van der Waals surface area contributed by atoms with Crippen molar-refractivity contribution in [3.05, 3.63) is 35.4 Å². The van der Waals surface area contributed by atoms with Crippen LogP contribution in [0.2, 0.25) is 0 Å². The zero-order valence-corrected chi connectivity index (χ0v) is 21.7. The van der Waals surface area contributed by atoms with Gasteiger partial charge in [0.15, 0.2) is 0 Å². The number of carbonyl (C=O) groups excluding carboxylic acids is 2. The molecule has 0 bridgehead atoms. The molecule has 0 saturated heterocycles. The van der Waals surface area contributed by atoms with E-state index in [4.69, 9.17) is 9.47 Å². The van der Waals surface area contributed by atoms with E-state index in [9.17, 15) is 9.59 Å². The van der Waals surface area contributed by atoms with E-state index in [1.165, 1.54) is 57.8 Å². The van der Waals surface area contributed by atoms with Crippen LogP contribution in [0.15, 0.2) is 24.3 Å². The van der Waals surface area contributed by atoms with E-state index in [0.29, 0.717) is 24.3 Å². The predicted molar refractivity (Wildman–Crippen MR) is 137 cm³/mol. The molecule has 0 radical (unpaired) electrons. The van der Waals surface area contributed by atoms with Crippen molar-refractivity contribution in [3.63, 3.8) is 0 Å². The number of carbonyl (C=O) groups is 2. The highest BCUT2D eigenvalue weighted by molar-refractivity contribution is 6.03. The fourth-order valence-electron chi connectivity index (χ4n) is 3.87. The maximum atomic E-state index is 12.5. The Kier molecular flexibility index (Phi) is 16.4.